The summed E-state index contributed by atoms with van der Waals surface area (Å²) in [5.74, 6) is 6.08. The van der Waals surface area contributed by atoms with Crippen molar-refractivity contribution >= 4 is 46.3 Å². The smallest absolute Gasteiger partial charge is 0.407 e. The highest BCUT2D eigenvalue weighted by Gasteiger charge is 2.34. The average Bonchev–Trinajstić information content (AvgIpc) is 3.65. The Morgan fingerprint density at radius 2 is 1.53 bits per heavy atom. The lowest BCUT2D eigenvalue weighted by molar-refractivity contribution is -0.146. The van der Waals surface area contributed by atoms with Crippen LogP contribution in [0, 0.1) is 33.2 Å². The number of ether oxygens (including phenoxy) is 4. The summed E-state index contributed by atoms with van der Waals surface area (Å²) in [5, 5.41) is 2.70. The molecule has 4 heterocycles. The Bertz CT molecular complexity index is 1730. The van der Waals surface area contributed by atoms with E-state index in [-0.39, 0.29) is 54.3 Å². The van der Waals surface area contributed by atoms with E-state index >= 15 is 0 Å². The molecule has 294 valence electrons. The van der Waals surface area contributed by atoms with Crippen molar-refractivity contribution < 1.29 is 28.5 Å². The summed E-state index contributed by atoms with van der Waals surface area (Å²) in [6, 6.07) is 0. The van der Waals surface area contributed by atoms with Crippen molar-refractivity contribution in [2.24, 2.45) is 17.8 Å². The third-order valence-corrected chi connectivity index (χ3v) is 9.90. The lowest BCUT2D eigenvalue weighted by atomic mass is 10.0. The molecule has 2 aliphatic rings. The van der Waals surface area contributed by atoms with Gasteiger partial charge in [0.1, 0.15) is 29.7 Å². The zero-order valence-electron chi connectivity index (χ0n) is 32.1. The van der Waals surface area contributed by atoms with Crippen LogP contribution in [-0.2, 0) is 23.7 Å². The number of nitrogens with two attached hydrogens (primary N) is 2. The van der Waals surface area contributed by atoms with Gasteiger partial charge < -0.3 is 35.7 Å². The lowest BCUT2D eigenvalue weighted by Gasteiger charge is -2.19. The monoisotopic (exact) mass is 853 g/mol. The predicted octanol–water partition coefficient (Wildman–Crippen LogP) is 5.15. The molecule has 2 fully saturated rings. The highest BCUT2D eigenvalue weighted by molar-refractivity contribution is 14.1. The number of nitrogen functional groups attached to an aromatic ring is 2. The van der Waals surface area contributed by atoms with Crippen LogP contribution in [0.15, 0.2) is 22.0 Å². The molecule has 5 N–H and O–H groups in total. The molecule has 16 heteroatoms. The molecule has 7 atom stereocenters. The minimum atomic E-state index is -0.532. The molecule has 2 aliphatic heterocycles. The van der Waals surface area contributed by atoms with E-state index in [4.69, 9.17) is 30.4 Å². The molecule has 0 spiro atoms. The quantitative estimate of drug-likeness (QED) is 0.116. The second kappa shape index (κ2) is 20.1. The third-order valence-electron chi connectivity index (χ3n) is 9.06. The number of hydrogen-bond donors (Lipinski definition) is 3. The van der Waals surface area contributed by atoms with Crippen LogP contribution in [0.1, 0.15) is 118 Å². The second-order valence-corrected chi connectivity index (χ2v) is 15.8. The van der Waals surface area contributed by atoms with Gasteiger partial charge in [0.05, 0.1) is 27.3 Å². The molecule has 0 bridgehead atoms. The molecule has 0 aromatic carbocycles. The van der Waals surface area contributed by atoms with Gasteiger partial charge in [0.25, 0.3) is 0 Å². The zero-order chi connectivity index (χ0) is 39.5. The normalized spacial score (nSPS) is 22.9. The van der Waals surface area contributed by atoms with Gasteiger partial charge in [-0.3, -0.25) is 13.9 Å². The summed E-state index contributed by atoms with van der Waals surface area (Å²) in [5.41, 5.74) is 10.5. The van der Waals surface area contributed by atoms with Crippen LogP contribution in [0.2, 0.25) is 0 Å². The summed E-state index contributed by atoms with van der Waals surface area (Å²) in [4.78, 5) is 55.6. The largest absolute Gasteiger partial charge is 0.452 e. The molecule has 3 unspecified atom stereocenters. The third kappa shape index (κ3) is 13.3. The van der Waals surface area contributed by atoms with Crippen molar-refractivity contribution in [1.82, 2.24) is 24.4 Å². The number of alkyl carbamates (subject to hydrolysis) is 1. The van der Waals surface area contributed by atoms with Crippen molar-refractivity contribution in [2.75, 3.05) is 24.6 Å². The van der Waals surface area contributed by atoms with Crippen LogP contribution in [0.25, 0.3) is 0 Å². The molecule has 53 heavy (non-hydrogen) atoms. The van der Waals surface area contributed by atoms with Gasteiger partial charge in [0.2, 0.25) is 0 Å². The first-order chi connectivity index (χ1) is 24.9. The standard InChI is InChI=1S/C26H40N4O6.C11H16IN3O2/c1-7-20-18(3)15-21(35-20)30-16-19(22(27)29-24(30)32)12-10-14-34-23(31)17(2)11-8-9-13-28-25(33)36-26(4,5)6;1-3-8-6(2)4-9(17-8)15-5-7(12)10(13)14-11(15)16/h16-18,20-21H,7-9,11,13-15H2,1-6H3,(H,28,33)(H2,27,29,32);5-6,8-9H,3-4H2,1-2H3,(H2,13,14,16)/t17?,18?,20-,21-;6?,8-,9-/m11/s1. The van der Waals surface area contributed by atoms with E-state index in [0.717, 1.165) is 35.7 Å². The van der Waals surface area contributed by atoms with E-state index in [1.807, 2.05) is 20.8 Å². The molecule has 2 saturated heterocycles. The maximum atomic E-state index is 12.3. The van der Waals surface area contributed by atoms with Crippen molar-refractivity contribution in [2.45, 2.75) is 131 Å². The number of nitrogens with one attached hydrogen (secondary N) is 1. The summed E-state index contributed by atoms with van der Waals surface area (Å²) < 4.78 is 26.0. The Morgan fingerprint density at radius 3 is 2.06 bits per heavy atom. The topological polar surface area (TPSA) is 205 Å². The van der Waals surface area contributed by atoms with E-state index in [1.54, 1.807) is 23.9 Å². The summed E-state index contributed by atoms with van der Waals surface area (Å²) in [6.07, 6.45) is 8.04. The molecule has 2 aromatic rings. The second-order valence-electron chi connectivity index (χ2n) is 14.6. The van der Waals surface area contributed by atoms with Gasteiger partial charge in [0, 0.05) is 18.9 Å². The van der Waals surface area contributed by atoms with Crippen molar-refractivity contribution in [3.05, 3.63) is 42.5 Å². The average molecular weight is 854 g/mol. The first kappa shape index (κ1) is 43.7. The summed E-state index contributed by atoms with van der Waals surface area (Å²) in [6.45, 7) is 16.0. The number of amides is 1. The predicted molar refractivity (Wildman–Crippen MR) is 210 cm³/mol. The summed E-state index contributed by atoms with van der Waals surface area (Å²) >= 11 is 2.07. The van der Waals surface area contributed by atoms with Crippen LogP contribution in [0.3, 0.4) is 0 Å². The van der Waals surface area contributed by atoms with Crippen molar-refractivity contribution in [3.63, 3.8) is 0 Å². The number of unbranched alkanes of at least 4 members (excludes halogenated alkanes) is 1. The van der Waals surface area contributed by atoms with Gasteiger partial charge in [0.15, 0.2) is 6.61 Å². The molecular formula is C37H56IN7O8. The fourth-order valence-corrected chi connectivity index (χ4v) is 6.53. The number of nitrogens with zero attached hydrogens (tertiary/aromatic N) is 4. The number of rotatable bonds is 11. The fourth-order valence-electron chi connectivity index (χ4n) is 6.10. The SMILES string of the molecule is CC[C@H]1O[C@@H](n2cc(C#CCOC(=O)C(C)CCCCNC(=O)OC(C)(C)C)c(N)nc2=O)CC1C.CC[C@H]1O[C@@H](n2cc(I)c(N)nc2=O)CC1C. The number of esters is 1. The molecule has 2 aromatic heterocycles. The van der Waals surface area contributed by atoms with Crippen molar-refractivity contribution in [1.29, 1.82) is 0 Å². The van der Waals surface area contributed by atoms with Gasteiger partial charge >= 0.3 is 23.4 Å². The van der Waals surface area contributed by atoms with E-state index < -0.39 is 23.6 Å². The maximum absolute atomic E-state index is 12.3. The number of halogens is 1. The lowest BCUT2D eigenvalue weighted by Crippen LogP contribution is -2.33. The van der Waals surface area contributed by atoms with Gasteiger partial charge in [-0.05, 0) is 93.7 Å². The van der Waals surface area contributed by atoms with Crippen LogP contribution in [-0.4, -0.2) is 62.1 Å². The Hall–Kier alpha value is -3.69. The molecule has 0 radical (unpaired) electrons. The fraction of sp³-hybridized carbons (Fsp3) is 0.676. The van der Waals surface area contributed by atoms with Crippen LogP contribution in [0.5, 0.6) is 0 Å². The minimum absolute atomic E-state index is 0.0292. The first-order valence-corrected chi connectivity index (χ1v) is 19.4. The van der Waals surface area contributed by atoms with Gasteiger partial charge in [-0.2, -0.15) is 9.97 Å². The Labute approximate surface area is 325 Å². The zero-order valence-corrected chi connectivity index (χ0v) is 34.3. The van der Waals surface area contributed by atoms with Crippen LogP contribution >= 0.6 is 22.6 Å². The maximum Gasteiger partial charge on any atom is 0.407 e. The Kier molecular flexibility index (Phi) is 16.6. The molecule has 0 aliphatic carbocycles. The van der Waals surface area contributed by atoms with E-state index in [0.29, 0.717) is 36.8 Å². The molecule has 1 amide bonds. The first-order valence-electron chi connectivity index (χ1n) is 18.3. The van der Waals surface area contributed by atoms with E-state index in [1.165, 1.54) is 4.57 Å². The van der Waals surface area contributed by atoms with E-state index in [2.05, 4.69) is 77.4 Å². The molecule has 4 rings (SSSR count). The van der Waals surface area contributed by atoms with E-state index in [9.17, 15) is 19.2 Å². The Balaban J connectivity index is 0.000000368. The Morgan fingerprint density at radius 1 is 0.981 bits per heavy atom. The molecular weight excluding hydrogens is 797 g/mol. The number of anilines is 2. The van der Waals surface area contributed by atoms with Gasteiger partial charge in [-0.25, -0.2) is 14.4 Å². The molecule has 15 nitrogen and oxygen atoms in total. The van der Waals surface area contributed by atoms with Crippen molar-refractivity contribution in [3.8, 4) is 11.8 Å². The highest BCUT2D eigenvalue weighted by atomic mass is 127. The number of carbonyl (C=O) groups excluding carboxylic acids is 2. The van der Waals surface area contributed by atoms with Gasteiger partial charge in [-0.15, -0.1) is 0 Å². The highest BCUT2D eigenvalue weighted by Crippen LogP contribution is 2.35. The number of aromatic nitrogens is 4. The summed E-state index contributed by atoms with van der Waals surface area (Å²) in [7, 11) is 0. The van der Waals surface area contributed by atoms with Crippen LogP contribution < -0.4 is 28.2 Å². The van der Waals surface area contributed by atoms with Gasteiger partial charge in [-0.1, -0.05) is 52.9 Å². The van der Waals surface area contributed by atoms with Crippen LogP contribution in [0.4, 0.5) is 16.4 Å². The number of carbonyl (C=O) groups is 2. The minimum Gasteiger partial charge on any atom is -0.452 e. The molecule has 0 saturated carbocycles. The number of hydrogen-bond acceptors (Lipinski definition) is 12.